The van der Waals surface area contributed by atoms with Crippen molar-refractivity contribution >= 4 is 92.0 Å². The Morgan fingerprint density at radius 1 is 0.330 bits per heavy atom. The summed E-state index contributed by atoms with van der Waals surface area (Å²) in [5.74, 6) is 3.95. The molecule has 0 aliphatic rings. The van der Waals surface area contributed by atoms with E-state index in [1.807, 2.05) is 187 Å². The molecule has 0 aliphatic heterocycles. The van der Waals surface area contributed by atoms with Gasteiger partial charge in [-0.3, -0.25) is 9.49 Å². The average Bonchev–Trinajstić information content (AvgIpc) is 0.756. The van der Waals surface area contributed by atoms with Crippen LogP contribution in [0.15, 0.2) is 191 Å². The van der Waals surface area contributed by atoms with Gasteiger partial charge in [0.25, 0.3) is 0 Å². The highest BCUT2D eigenvalue weighted by molar-refractivity contribution is 7.87. The second-order valence-corrected chi connectivity index (χ2v) is 31.8. The summed E-state index contributed by atoms with van der Waals surface area (Å²) in [6, 6.07) is 47.3. The Kier molecular flexibility index (Phi) is 25.6. The Balaban J connectivity index is 0.000000281. The predicted molar refractivity (Wildman–Crippen MR) is 382 cm³/mol. The van der Waals surface area contributed by atoms with Crippen LogP contribution in [0.25, 0.3) is 0 Å². The van der Waals surface area contributed by atoms with Gasteiger partial charge in [-0.05, 0) is 217 Å². The zero-order chi connectivity index (χ0) is 73.8. The molecule has 536 valence electrons. The fourth-order valence-electron chi connectivity index (χ4n) is 10.4. The number of thiocarbonyl (C=S) groups is 2. The van der Waals surface area contributed by atoms with Gasteiger partial charge in [0.1, 0.15) is 34.5 Å². The van der Waals surface area contributed by atoms with Crippen molar-refractivity contribution in [3.05, 3.63) is 204 Å². The zero-order valence-corrected chi connectivity index (χ0v) is 59.9. The number of halogens is 12. The topological polar surface area (TPSA) is 128 Å². The van der Waals surface area contributed by atoms with E-state index in [0.717, 1.165) is 31.8 Å². The summed E-state index contributed by atoms with van der Waals surface area (Å²) in [6.07, 6.45) is -20.0. The SMILES string of the molecule is COc1ccc(P(=NC[C@@H](NC(=S)Nc2cc(C(F)(F)F)cc(C(F)(F)F)c2)C(C)(C)C)(c2ccc(OC)cc2)c2ccc(OC)cc2)cc1.COc1ccc(P(=NC[C@@H](NC(=S)Nc2cc(C(F)(F)F)cc(C(F)(F)F)c2)C(C)(C)C)(c2ccc(OC)cc2)c2ccc(OC)cc2)cc1. The van der Waals surface area contributed by atoms with Gasteiger partial charge in [0.15, 0.2) is 10.2 Å². The predicted octanol–water partition coefficient (Wildman–Crippen LogP) is 17.3. The second-order valence-electron chi connectivity index (χ2n) is 24.7. The van der Waals surface area contributed by atoms with Crippen molar-refractivity contribution in [3.63, 3.8) is 0 Å². The van der Waals surface area contributed by atoms with Crippen LogP contribution < -0.4 is 81.5 Å². The van der Waals surface area contributed by atoms with E-state index in [4.69, 9.17) is 62.3 Å². The van der Waals surface area contributed by atoms with E-state index in [1.54, 1.807) is 42.7 Å². The monoisotopic (exact) mass is 1470 g/mol. The molecule has 0 spiro atoms. The van der Waals surface area contributed by atoms with Crippen molar-refractivity contribution in [1.82, 2.24) is 10.6 Å². The lowest BCUT2D eigenvalue weighted by Gasteiger charge is -2.34. The molecule has 8 aromatic rings. The number of ether oxygens (including phenoxy) is 6. The van der Waals surface area contributed by atoms with Crippen LogP contribution in [0.3, 0.4) is 0 Å². The Morgan fingerprint density at radius 3 is 0.660 bits per heavy atom. The smallest absolute Gasteiger partial charge is 0.416 e. The molecule has 0 heterocycles. The summed E-state index contributed by atoms with van der Waals surface area (Å²) in [4.78, 5) is 0. The summed E-state index contributed by atoms with van der Waals surface area (Å²) in [7, 11) is 3.82. The highest BCUT2D eigenvalue weighted by Gasteiger charge is 2.40. The van der Waals surface area contributed by atoms with Gasteiger partial charge < -0.3 is 49.7 Å². The van der Waals surface area contributed by atoms with Crippen LogP contribution in [0.5, 0.6) is 34.5 Å². The van der Waals surface area contributed by atoms with E-state index in [0.29, 0.717) is 58.8 Å². The number of benzene rings is 8. The summed E-state index contributed by atoms with van der Waals surface area (Å²) in [5, 5.41) is 16.5. The molecule has 8 aromatic carbocycles. The van der Waals surface area contributed by atoms with E-state index in [-0.39, 0.29) is 35.4 Å². The van der Waals surface area contributed by atoms with Gasteiger partial charge in [-0.2, -0.15) is 52.7 Å². The fourth-order valence-corrected chi connectivity index (χ4v) is 17.9. The number of nitrogens with one attached hydrogen (secondary N) is 4. The molecule has 0 saturated heterocycles. The number of anilines is 2. The molecule has 28 heteroatoms. The zero-order valence-electron chi connectivity index (χ0n) is 56.5. The molecule has 0 aromatic heterocycles. The lowest BCUT2D eigenvalue weighted by Crippen LogP contribution is -2.47. The van der Waals surface area contributed by atoms with Crippen molar-refractivity contribution < 1.29 is 81.1 Å². The van der Waals surface area contributed by atoms with Gasteiger partial charge in [-0.1, -0.05) is 41.5 Å². The third-order valence-corrected chi connectivity index (χ3v) is 23.9. The number of rotatable bonds is 20. The van der Waals surface area contributed by atoms with Crippen molar-refractivity contribution in [2.24, 2.45) is 20.3 Å². The van der Waals surface area contributed by atoms with Crippen LogP contribution in [0.2, 0.25) is 0 Å². The highest BCUT2D eigenvalue weighted by Crippen LogP contribution is 2.50. The summed E-state index contributed by atoms with van der Waals surface area (Å²) < 4.78 is 206. The molecule has 2 atom stereocenters. The molecule has 0 amide bonds. The molecule has 4 N–H and O–H groups in total. The van der Waals surface area contributed by atoms with Gasteiger partial charge >= 0.3 is 24.7 Å². The van der Waals surface area contributed by atoms with Gasteiger partial charge in [-0.15, -0.1) is 0 Å². The minimum Gasteiger partial charge on any atom is -0.497 e. The summed E-state index contributed by atoms with van der Waals surface area (Å²) in [5.41, 5.74) is -7.77. The largest absolute Gasteiger partial charge is 0.497 e. The van der Waals surface area contributed by atoms with Crippen LogP contribution in [0.4, 0.5) is 64.1 Å². The maximum Gasteiger partial charge on any atom is 0.416 e. The van der Waals surface area contributed by atoms with Crippen LogP contribution in [0.1, 0.15) is 63.8 Å². The van der Waals surface area contributed by atoms with Crippen LogP contribution in [-0.4, -0.2) is 78.1 Å². The number of methoxy groups -OCH3 is 6. The summed E-state index contributed by atoms with van der Waals surface area (Å²) in [6.45, 7) is 11.9. The molecule has 0 fully saturated rings. The van der Waals surface area contributed by atoms with Crippen molar-refractivity contribution in [3.8, 4) is 34.5 Å². The molecule has 12 nitrogen and oxygen atoms in total. The Bertz CT molecular complexity index is 3610. The standard InChI is InChI=1S/2C36H38F6N3O3PS/c2*1-34(2,3)32(45-33(50)44-25-20-23(35(37,38)39)19-24(21-25)36(40,41)42)22-43-49(29-13-7-26(46-4)8-14-29,30-15-9-27(47-5)10-16-30)31-17-11-28(48-6)12-18-31/h2*7-21,32H,22H2,1-6H3,(H2,44,45,50)/t2*32-/m11/s1. The van der Waals surface area contributed by atoms with E-state index < -0.39 is 95.4 Å². The molecule has 0 bridgehead atoms. The third kappa shape index (κ3) is 20.0. The minimum absolute atomic E-state index is 0.0687. The first-order valence-corrected chi connectivity index (χ1v) is 34.9. The van der Waals surface area contributed by atoms with Gasteiger partial charge in [0.05, 0.1) is 104 Å². The maximum absolute atomic E-state index is 13.5. The Labute approximate surface area is 584 Å². The van der Waals surface area contributed by atoms with Gasteiger partial charge in [-0.25, -0.2) is 0 Å². The molecular formula is C72H76F12N6O6P2S2. The van der Waals surface area contributed by atoms with E-state index >= 15 is 0 Å². The number of alkyl halides is 12. The van der Waals surface area contributed by atoms with E-state index in [1.165, 1.54) is 0 Å². The normalized spacial score (nSPS) is 12.9. The lowest BCUT2D eigenvalue weighted by molar-refractivity contribution is -0.144. The van der Waals surface area contributed by atoms with Gasteiger partial charge in [0, 0.05) is 43.2 Å². The van der Waals surface area contributed by atoms with Crippen molar-refractivity contribution in [1.29, 1.82) is 0 Å². The molecule has 0 saturated carbocycles. The first-order valence-electron chi connectivity index (χ1n) is 30.6. The number of hydrogen-bond acceptors (Lipinski definition) is 10. The quantitative estimate of drug-likeness (QED) is 0.0329. The number of hydrogen-bond donors (Lipinski definition) is 4. The van der Waals surface area contributed by atoms with Crippen LogP contribution >= 0.6 is 38.5 Å². The van der Waals surface area contributed by atoms with Gasteiger partial charge in [0.2, 0.25) is 0 Å². The van der Waals surface area contributed by atoms with Crippen LogP contribution in [0, 0.1) is 10.8 Å². The maximum atomic E-state index is 13.5. The molecule has 100 heavy (non-hydrogen) atoms. The van der Waals surface area contributed by atoms with Crippen molar-refractivity contribution in [2.75, 3.05) is 66.4 Å². The Hall–Kier alpha value is -8.44. The van der Waals surface area contributed by atoms with Crippen molar-refractivity contribution in [2.45, 2.75) is 78.3 Å². The molecule has 0 radical (unpaired) electrons. The second kappa shape index (κ2) is 32.5. The van der Waals surface area contributed by atoms with E-state index in [9.17, 15) is 52.7 Å². The average molecular weight is 1480 g/mol. The Morgan fingerprint density at radius 2 is 0.510 bits per heavy atom. The van der Waals surface area contributed by atoms with Crippen LogP contribution in [-0.2, 0) is 24.7 Å². The van der Waals surface area contributed by atoms with E-state index in [2.05, 4.69) is 21.3 Å². The minimum atomic E-state index is -5.00. The molecule has 0 aliphatic carbocycles. The third-order valence-electron chi connectivity index (χ3n) is 16.0. The number of nitrogens with zero attached hydrogens (tertiary/aromatic N) is 2. The molecular weight excluding hydrogens is 1400 g/mol. The summed E-state index contributed by atoms with van der Waals surface area (Å²) >= 11 is 10.9. The fraction of sp³-hybridized carbons (Fsp3) is 0.306. The highest BCUT2D eigenvalue weighted by atomic mass is 32.1. The first-order chi connectivity index (χ1) is 46.8. The lowest BCUT2D eigenvalue weighted by atomic mass is 9.87. The first kappa shape index (κ1) is 78.9. The molecule has 8 rings (SSSR count). The molecule has 0 unspecified atom stereocenters.